The van der Waals surface area contributed by atoms with Crippen LogP contribution in [0.4, 0.5) is 0 Å². The molecule has 1 aromatic rings. The number of aromatic nitrogens is 3. The molecule has 84 valence electrons. The molecule has 1 aromatic heterocycles. The number of carbonyl (C=O) groups excluding carboxylic acids is 1. The second-order valence-electron chi connectivity index (χ2n) is 3.45. The van der Waals surface area contributed by atoms with Crippen molar-refractivity contribution in [2.45, 2.75) is 19.8 Å². The monoisotopic (exact) mass is 228 g/mol. The van der Waals surface area contributed by atoms with Gasteiger partial charge in [-0.1, -0.05) is 13.8 Å². The molecule has 1 amide bonds. The zero-order valence-corrected chi connectivity index (χ0v) is 10.0. The summed E-state index contributed by atoms with van der Waals surface area (Å²) < 4.78 is 0. The van der Waals surface area contributed by atoms with Gasteiger partial charge in [-0.15, -0.1) is 5.10 Å². The Bertz CT molecular complexity index is 324. The molecule has 0 saturated carbocycles. The Balaban J connectivity index is 2.51. The first-order valence-electron chi connectivity index (χ1n) is 4.84. The van der Waals surface area contributed by atoms with E-state index in [0.29, 0.717) is 6.54 Å². The van der Waals surface area contributed by atoms with E-state index in [-0.39, 0.29) is 17.6 Å². The molecule has 0 radical (unpaired) electrons. The third-order valence-corrected chi connectivity index (χ3v) is 2.46. The van der Waals surface area contributed by atoms with Crippen LogP contribution in [0.1, 0.15) is 36.2 Å². The molecule has 1 heterocycles. The summed E-state index contributed by atoms with van der Waals surface area (Å²) in [5.74, 6) is 1.90. The van der Waals surface area contributed by atoms with Gasteiger partial charge in [0.05, 0.1) is 0 Å². The summed E-state index contributed by atoms with van der Waals surface area (Å²) in [6, 6.07) is 0. The quantitative estimate of drug-likeness (QED) is 0.738. The predicted octanol–water partition coefficient (Wildman–Crippen LogP) is 1.02. The number of aromatic amines is 1. The molecule has 0 aliphatic rings. The van der Waals surface area contributed by atoms with Crippen LogP contribution < -0.4 is 5.32 Å². The van der Waals surface area contributed by atoms with Crippen LogP contribution in [0.15, 0.2) is 0 Å². The summed E-state index contributed by atoms with van der Waals surface area (Å²) in [6.07, 6.45) is 2.00. The average Bonchev–Trinajstić information content (AvgIpc) is 2.66. The van der Waals surface area contributed by atoms with E-state index >= 15 is 0 Å². The van der Waals surface area contributed by atoms with E-state index in [1.165, 1.54) is 0 Å². The van der Waals surface area contributed by atoms with E-state index in [2.05, 4.69) is 20.5 Å². The first-order chi connectivity index (χ1) is 7.15. The first-order valence-corrected chi connectivity index (χ1v) is 6.24. The Morgan fingerprint density at radius 3 is 2.87 bits per heavy atom. The maximum absolute atomic E-state index is 11.5. The summed E-state index contributed by atoms with van der Waals surface area (Å²) in [4.78, 5) is 15.6. The van der Waals surface area contributed by atoms with Crippen LogP contribution in [-0.4, -0.2) is 39.6 Å². The molecule has 15 heavy (non-hydrogen) atoms. The van der Waals surface area contributed by atoms with Crippen molar-refractivity contribution in [2.75, 3.05) is 18.6 Å². The molecule has 0 saturated heterocycles. The van der Waals surface area contributed by atoms with E-state index < -0.39 is 0 Å². The molecule has 5 nitrogen and oxygen atoms in total. The minimum absolute atomic E-state index is 0.216. The van der Waals surface area contributed by atoms with E-state index in [0.717, 1.165) is 11.6 Å². The molecule has 0 aromatic carbocycles. The predicted molar refractivity (Wildman–Crippen MR) is 61.2 cm³/mol. The summed E-state index contributed by atoms with van der Waals surface area (Å²) in [5, 5.41) is 9.36. The smallest absolute Gasteiger partial charge is 0.290 e. The molecular weight excluding hydrogens is 212 g/mol. The fourth-order valence-electron chi connectivity index (χ4n) is 0.980. The zero-order chi connectivity index (χ0) is 11.3. The van der Waals surface area contributed by atoms with Crippen LogP contribution in [0.5, 0.6) is 0 Å². The van der Waals surface area contributed by atoms with Crippen molar-refractivity contribution in [3.63, 3.8) is 0 Å². The number of nitrogens with zero attached hydrogens (tertiary/aromatic N) is 2. The summed E-state index contributed by atoms with van der Waals surface area (Å²) >= 11 is 1.69. The summed E-state index contributed by atoms with van der Waals surface area (Å²) in [5.41, 5.74) is 0. The van der Waals surface area contributed by atoms with Crippen LogP contribution in [0.3, 0.4) is 0 Å². The molecule has 0 atom stereocenters. The summed E-state index contributed by atoms with van der Waals surface area (Å²) in [7, 11) is 0. The second-order valence-corrected chi connectivity index (χ2v) is 4.43. The molecule has 2 N–H and O–H groups in total. The number of hydrogen-bond acceptors (Lipinski definition) is 4. The van der Waals surface area contributed by atoms with Crippen LogP contribution in [-0.2, 0) is 0 Å². The Morgan fingerprint density at radius 2 is 2.33 bits per heavy atom. The molecule has 0 fully saturated rings. The molecule has 0 aliphatic heterocycles. The van der Waals surface area contributed by atoms with Crippen molar-refractivity contribution in [1.82, 2.24) is 20.5 Å². The fourth-order valence-corrected chi connectivity index (χ4v) is 1.29. The molecule has 0 bridgehead atoms. The molecule has 6 heteroatoms. The largest absolute Gasteiger partial charge is 0.348 e. The van der Waals surface area contributed by atoms with Gasteiger partial charge in [0.25, 0.3) is 5.91 Å². The lowest BCUT2D eigenvalue weighted by Crippen LogP contribution is -2.26. The van der Waals surface area contributed by atoms with Gasteiger partial charge in [-0.2, -0.15) is 11.8 Å². The Labute approximate surface area is 93.4 Å². The van der Waals surface area contributed by atoms with Crippen molar-refractivity contribution >= 4 is 17.7 Å². The highest BCUT2D eigenvalue weighted by atomic mass is 32.2. The van der Waals surface area contributed by atoms with Crippen molar-refractivity contribution in [2.24, 2.45) is 0 Å². The van der Waals surface area contributed by atoms with Crippen molar-refractivity contribution in [3.05, 3.63) is 11.6 Å². The molecule has 1 rings (SSSR count). The third-order valence-electron chi connectivity index (χ3n) is 1.84. The molecule has 0 aliphatic carbocycles. The van der Waals surface area contributed by atoms with Gasteiger partial charge in [-0.3, -0.25) is 9.89 Å². The number of H-pyrrole nitrogens is 1. The number of nitrogens with one attached hydrogen (secondary N) is 2. The zero-order valence-electron chi connectivity index (χ0n) is 9.20. The second kappa shape index (κ2) is 5.75. The van der Waals surface area contributed by atoms with Crippen molar-refractivity contribution < 1.29 is 4.79 Å². The molecule has 0 spiro atoms. The average molecular weight is 228 g/mol. The number of thioether (sulfide) groups is 1. The number of amides is 1. The van der Waals surface area contributed by atoms with Crippen LogP contribution in [0.2, 0.25) is 0 Å². The Hall–Kier alpha value is -1.04. The van der Waals surface area contributed by atoms with E-state index in [1.54, 1.807) is 11.8 Å². The lowest BCUT2D eigenvalue weighted by Gasteiger charge is -1.99. The minimum atomic E-state index is -0.216. The van der Waals surface area contributed by atoms with Crippen LogP contribution in [0.25, 0.3) is 0 Å². The highest BCUT2D eigenvalue weighted by Crippen LogP contribution is 2.07. The Morgan fingerprint density at radius 1 is 1.60 bits per heavy atom. The van der Waals surface area contributed by atoms with E-state index in [1.807, 2.05) is 20.1 Å². The van der Waals surface area contributed by atoms with Crippen molar-refractivity contribution in [3.8, 4) is 0 Å². The number of rotatable bonds is 5. The number of hydrogen-bond donors (Lipinski definition) is 2. The van der Waals surface area contributed by atoms with Gasteiger partial charge in [0.15, 0.2) is 0 Å². The van der Waals surface area contributed by atoms with Gasteiger partial charge in [-0.05, 0) is 6.26 Å². The highest BCUT2D eigenvalue weighted by Gasteiger charge is 2.12. The van der Waals surface area contributed by atoms with Gasteiger partial charge in [0.2, 0.25) is 5.82 Å². The molecule has 0 unspecified atom stereocenters. The van der Waals surface area contributed by atoms with E-state index in [4.69, 9.17) is 0 Å². The van der Waals surface area contributed by atoms with Gasteiger partial charge in [-0.25, -0.2) is 4.98 Å². The first kappa shape index (κ1) is 12.0. The van der Waals surface area contributed by atoms with Crippen LogP contribution >= 0.6 is 11.8 Å². The van der Waals surface area contributed by atoms with Gasteiger partial charge in [0.1, 0.15) is 5.82 Å². The van der Waals surface area contributed by atoms with Crippen LogP contribution in [0, 0.1) is 0 Å². The standard InChI is InChI=1S/C9H16N4OS/c1-6(2)7-11-8(13-12-7)9(14)10-4-5-15-3/h6H,4-5H2,1-3H3,(H,10,14)(H,11,12,13). The van der Waals surface area contributed by atoms with E-state index in [9.17, 15) is 4.79 Å². The van der Waals surface area contributed by atoms with Gasteiger partial charge >= 0.3 is 0 Å². The maximum Gasteiger partial charge on any atom is 0.290 e. The third kappa shape index (κ3) is 3.54. The van der Waals surface area contributed by atoms with Gasteiger partial charge in [0, 0.05) is 18.2 Å². The van der Waals surface area contributed by atoms with Crippen molar-refractivity contribution in [1.29, 1.82) is 0 Å². The SMILES string of the molecule is CSCCNC(=O)c1n[nH]c(C(C)C)n1. The fraction of sp³-hybridized carbons (Fsp3) is 0.667. The lowest BCUT2D eigenvalue weighted by atomic mass is 10.2. The Kier molecular flexibility index (Phi) is 4.61. The van der Waals surface area contributed by atoms with Gasteiger partial charge < -0.3 is 5.32 Å². The maximum atomic E-state index is 11.5. The minimum Gasteiger partial charge on any atom is -0.348 e. The highest BCUT2D eigenvalue weighted by molar-refractivity contribution is 7.98. The lowest BCUT2D eigenvalue weighted by molar-refractivity contribution is 0.0946. The molecular formula is C9H16N4OS. The topological polar surface area (TPSA) is 70.7 Å². The number of carbonyl (C=O) groups is 1. The summed E-state index contributed by atoms with van der Waals surface area (Å²) in [6.45, 7) is 4.64. The normalized spacial score (nSPS) is 10.7.